The zero-order valence-corrected chi connectivity index (χ0v) is 17.3. The maximum Gasteiger partial charge on any atom is 0.211 e. The molecule has 4 N–H and O–H groups in total. The standard InChI is InChI=1S/C19H17N3O3S3/c1-11-18(16(26)17(27-11)19(20)21)28(24,25)15-7-3-5-13(9-15)12-4-2-6-14(8-12)22-10-23/h2-10,26H,1H3,(H3,20,21)(H,22,23). The van der Waals surface area contributed by atoms with Crippen molar-refractivity contribution >= 4 is 51.7 Å². The topological polar surface area (TPSA) is 113 Å². The van der Waals surface area contributed by atoms with Gasteiger partial charge in [-0.1, -0.05) is 24.3 Å². The molecular weight excluding hydrogens is 414 g/mol. The number of nitrogens with two attached hydrogens (primary N) is 1. The molecule has 28 heavy (non-hydrogen) atoms. The summed E-state index contributed by atoms with van der Waals surface area (Å²) in [5.41, 5.74) is 7.60. The van der Waals surface area contributed by atoms with Gasteiger partial charge in [0.05, 0.1) is 14.7 Å². The van der Waals surface area contributed by atoms with Crippen LogP contribution in [0.5, 0.6) is 0 Å². The largest absolute Gasteiger partial charge is 0.383 e. The van der Waals surface area contributed by atoms with Crippen molar-refractivity contribution in [2.45, 2.75) is 21.6 Å². The van der Waals surface area contributed by atoms with Gasteiger partial charge in [0.2, 0.25) is 16.2 Å². The van der Waals surface area contributed by atoms with Crippen molar-refractivity contribution in [1.82, 2.24) is 0 Å². The predicted octanol–water partition coefficient (Wildman–Crippen LogP) is 3.70. The zero-order chi connectivity index (χ0) is 20.5. The minimum Gasteiger partial charge on any atom is -0.383 e. The SMILES string of the molecule is Cc1sc(C(=N)N)c(S)c1S(=O)(=O)c1cccc(-c2cccc(NC=O)c2)c1. The fraction of sp³-hybridized carbons (Fsp3) is 0.0526. The second-order valence-electron chi connectivity index (χ2n) is 5.95. The lowest BCUT2D eigenvalue weighted by Gasteiger charge is -2.09. The molecule has 0 saturated carbocycles. The van der Waals surface area contributed by atoms with Gasteiger partial charge < -0.3 is 11.1 Å². The fourth-order valence-corrected chi connectivity index (χ4v) is 6.53. The van der Waals surface area contributed by atoms with Gasteiger partial charge in [0.1, 0.15) is 5.84 Å². The maximum absolute atomic E-state index is 13.3. The molecule has 0 atom stereocenters. The van der Waals surface area contributed by atoms with Gasteiger partial charge in [-0.3, -0.25) is 10.2 Å². The Hall–Kier alpha value is -2.62. The highest BCUT2D eigenvalue weighted by Crippen LogP contribution is 2.38. The van der Waals surface area contributed by atoms with Gasteiger partial charge in [-0.2, -0.15) is 0 Å². The minimum atomic E-state index is -3.85. The number of amidine groups is 1. The summed E-state index contributed by atoms with van der Waals surface area (Å²) in [5, 5.41) is 10.2. The molecule has 0 bridgehead atoms. The molecule has 0 unspecified atom stereocenters. The molecule has 0 saturated heterocycles. The highest BCUT2D eigenvalue weighted by atomic mass is 32.2. The van der Waals surface area contributed by atoms with Gasteiger partial charge >= 0.3 is 0 Å². The minimum absolute atomic E-state index is 0.0690. The molecule has 2 aromatic carbocycles. The molecule has 144 valence electrons. The van der Waals surface area contributed by atoms with Crippen LogP contribution < -0.4 is 11.1 Å². The molecule has 0 aliphatic heterocycles. The Morgan fingerprint density at radius 2 is 1.82 bits per heavy atom. The molecule has 1 heterocycles. The van der Waals surface area contributed by atoms with Crippen LogP contribution in [0.4, 0.5) is 5.69 Å². The summed E-state index contributed by atoms with van der Waals surface area (Å²) >= 11 is 5.45. The second-order valence-corrected chi connectivity index (χ2v) is 9.51. The first kappa shape index (κ1) is 20.1. The van der Waals surface area contributed by atoms with Crippen molar-refractivity contribution in [3.05, 3.63) is 58.3 Å². The van der Waals surface area contributed by atoms with E-state index in [-0.39, 0.29) is 20.5 Å². The first-order valence-corrected chi connectivity index (χ1v) is 10.8. The maximum atomic E-state index is 13.3. The van der Waals surface area contributed by atoms with E-state index in [9.17, 15) is 13.2 Å². The van der Waals surface area contributed by atoms with Gasteiger partial charge in [0.25, 0.3) is 0 Å². The van der Waals surface area contributed by atoms with Crippen molar-refractivity contribution in [3.8, 4) is 11.1 Å². The van der Waals surface area contributed by atoms with Crippen molar-refractivity contribution in [1.29, 1.82) is 5.41 Å². The first-order chi connectivity index (χ1) is 13.3. The number of thiophene rings is 1. The summed E-state index contributed by atoms with van der Waals surface area (Å²) in [4.78, 5) is 11.9. The summed E-state index contributed by atoms with van der Waals surface area (Å²) in [6.07, 6.45) is 0.584. The monoisotopic (exact) mass is 431 g/mol. The number of anilines is 1. The molecule has 3 rings (SSSR count). The van der Waals surface area contributed by atoms with Gasteiger partial charge in [0.15, 0.2) is 0 Å². The Kier molecular flexibility index (Phi) is 5.59. The molecule has 1 amide bonds. The van der Waals surface area contributed by atoms with E-state index in [4.69, 9.17) is 11.1 Å². The highest BCUT2D eigenvalue weighted by Gasteiger charge is 2.28. The van der Waals surface area contributed by atoms with E-state index in [1.807, 2.05) is 6.07 Å². The van der Waals surface area contributed by atoms with E-state index in [0.717, 1.165) is 16.9 Å². The van der Waals surface area contributed by atoms with E-state index >= 15 is 0 Å². The number of thiol groups is 1. The van der Waals surface area contributed by atoms with Crippen LogP contribution in [-0.4, -0.2) is 20.7 Å². The van der Waals surface area contributed by atoms with Gasteiger partial charge in [0, 0.05) is 15.5 Å². The number of amides is 1. The molecular formula is C19H17N3O3S3. The number of hydrogen-bond acceptors (Lipinski definition) is 6. The van der Waals surface area contributed by atoms with E-state index in [0.29, 0.717) is 27.4 Å². The third-order valence-electron chi connectivity index (χ3n) is 4.08. The number of carbonyl (C=O) groups excluding carboxylic acids is 1. The van der Waals surface area contributed by atoms with Gasteiger partial charge in [-0.25, -0.2) is 8.42 Å². The summed E-state index contributed by atoms with van der Waals surface area (Å²) in [6, 6.07) is 13.6. The summed E-state index contributed by atoms with van der Waals surface area (Å²) in [6.45, 7) is 1.67. The number of carbonyl (C=O) groups is 1. The Morgan fingerprint density at radius 3 is 2.43 bits per heavy atom. The first-order valence-electron chi connectivity index (χ1n) is 8.08. The average Bonchev–Trinajstić information content (AvgIpc) is 2.97. The lowest BCUT2D eigenvalue weighted by molar-refractivity contribution is -0.105. The van der Waals surface area contributed by atoms with Crippen LogP contribution in [0.1, 0.15) is 9.75 Å². The number of rotatable bonds is 6. The normalized spacial score (nSPS) is 11.2. The summed E-state index contributed by atoms with van der Waals surface area (Å²) in [5.74, 6) is -0.215. The number of benzene rings is 2. The Labute approximate surface area is 172 Å². The molecule has 9 heteroatoms. The van der Waals surface area contributed by atoms with Crippen molar-refractivity contribution < 1.29 is 13.2 Å². The van der Waals surface area contributed by atoms with Crippen LogP contribution in [0.15, 0.2) is 63.2 Å². The summed E-state index contributed by atoms with van der Waals surface area (Å²) in [7, 11) is -3.85. The molecule has 1 aromatic heterocycles. The quantitative estimate of drug-likeness (QED) is 0.206. The summed E-state index contributed by atoms with van der Waals surface area (Å²) < 4.78 is 26.5. The molecule has 0 aliphatic carbocycles. The van der Waals surface area contributed by atoms with Crippen LogP contribution in [0.25, 0.3) is 11.1 Å². The van der Waals surface area contributed by atoms with Crippen LogP contribution in [0.2, 0.25) is 0 Å². The number of aryl methyl sites for hydroxylation is 1. The van der Waals surface area contributed by atoms with E-state index in [1.54, 1.807) is 43.3 Å². The van der Waals surface area contributed by atoms with Crippen molar-refractivity contribution in [3.63, 3.8) is 0 Å². The Balaban J connectivity index is 2.11. The molecule has 0 spiro atoms. The van der Waals surface area contributed by atoms with E-state index in [1.165, 1.54) is 6.07 Å². The van der Waals surface area contributed by atoms with Crippen LogP contribution in [0, 0.1) is 12.3 Å². The fourth-order valence-electron chi connectivity index (χ4n) is 2.83. The average molecular weight is 432 g/mol. The zero-order valence-electron chi connectivity index (χ0n) is 14.8. The van der Waals surface area contributed by atoms with Crippen molar-refractivity contribution in [2.75, 3.05) is 5.32 Å². The number of sulfone groups is 1. The van der Waals surface area contributed by atoms with E-state index in [2.05, 4.69) is 17.9 Å². The Bertz CT molecular complexity index is 1180. The Morgan fingerprint density at radius 1 is 1.18 bits per heavy atom. The molecule has 3 aromatic rings. The third-order valence-corrected chi connectivity index (χ3v) is 8.02. The number of nitrogen functional groups attached to an aromatic ring is 1. The number of hydrogen-bond donors (Lipinski definition) is 4. The third kappa shape index (κ3) is 3.68. The van der Waals surface area contributed by atoms with Crippen LogP contribution >= 0.6 is 24.0 Å². The predicted molar refractivity (Wildman–Crippen MR) is 114 cm³/mol. The molecule has 6 nitrogen and oxygen atoms in total. The van der Waals surface area contributed by atoms with Gasteiger partial charge in [-0.15, -0.1) is 24.0 Å². The van der Waals surface area contributed by atoms with E-state index < -0.39 is 9.84 Å². The van der Waals surface area contributed by atoms with Crippen molar-refractivity contribution in [2.24, 2.45) is 5.73 Å². The molecule has 0 fully saturated rings. The molecule has 0 aliphatic rings. The number of nitrogens with one attached hydrogen (secondary N) is 2. The smallest absolute Gasteiger partial charge is 0.211 e. The lowest BCUT2D eigenvalue weighted by Crippen LogP contribution is -2.10. The molecule has 0 radical (unpaired) electrons. The lowest BCUT2D eigenvalue weighted by atomic mass is 10.1. The van der Waals surface area contributed by atoms with Crippen LogP contribution in [-0.2, 0) is 14.6 Å². The highest BCUT2D eigenvalue weighted by molar-refractivity contribution is 7.92. The van der Waals surface area contributed by atoms with Gasteiger partial charge in [-0.05, 0) is 42.3 Å². The van der Waals surface area contributed by atoms with Crippen LogP contribution in [0.3, 0.4) is 0 Å². The second kappa shape index (κ2) is 7.78.